The molecular weight excluding hydrogens is 196 g/mol. The van der Waals surface area contributed by atoms with Gasteiger partial charge in [0.25, 0.3) is 0 Å². The molecule has 0 atom stereocenters. The number of nitrogens with one attached hydrogen (secondary N) is 1. The van der Waals surface area contributed by atoms with Crippen molar-refractivity contribution in [1.82, 2.24) is 4.98 Å². The molecule has 0 saturated carbocycles. The summed E-state index contributed by atoms with van der Waals surface area (Å²) in [7, 11) is 0. The van der Waals surface area contributed by atoms with E-state index in [1.165, 1.54) is 25.7 Å². The van der Waals surface area contributed by atoms with Crippen LogP contribution >= 0.6 is 11.6 Å². The zero-order chi connectivity index (χ0) is 10.2. The van der Waals surface area contributed by atoms with E-state index in [2.05, 4.69) is 17.2 Å². The van der Waals surface area contributed by atoms with E-state index in [4.69, 9.17) is 11.6 Å². The number of rotatable bonds is 6. The fraction of sp³-hybridized carbons (Fsp3) is 0.545. The summed E-state index contributed by atoms with van der Waals surface area (Å²) in [5.74, 6) is 0. The Morgan fingerprint density at radius 2 is 2.21 bits per heavy atom. The summed E-state index contributed by atoms with van der Waals surface area (Å²) in [5, 5.41) is 4.00. The van der Waals surface area contributed by atoms with Gasteiger partial charge in [-0.25, -0.2) is 0 Å². The fourth-order valence-electron chi connectivity index (χ4n) is 1.29. The van der Waals surface area contributed by atoms with Gasteiger partial charge in [0.05, 0.1) is 10.7 Å². The van der Waals surface area contributed by atoms with Crippen molar-refractivity contribution in [3.8, 4) is 0 Å². The zero-order valence-electron chi connectivity index (χ0n) is 8.59. The Bertz CT molecular complexity index is 263. The first-order valence-corrected chi connectivity index (χ1v) is 5.55. The van der Waals surface area contributed by atoms with Gasteiger partial charge in [-0.05, 0) is 12.5 Å². The normalized spacial score (nSPS) is 10.1. The summed E-state index contributed by atoms with van der Waals surface area (Å²) in [4.78, 5) is 3.93. The van der Waals surface area contributed by atoms with Gasteiger partial charge >= 0.3 is 0 Å². The van der Waals surface area contributed by atoms with Crippen molar-refractivity contribution in [3.05, 3.63) is 23.5 Å². The van der Waals surface area contributed by atoms with Gasteiger partial charge in [-0.15, -0.1) is 0 Å². The predicted octanol–water partition coefficient (Wildman–Crippen LogP) is 3.73. The number of pyridine rings is 1. The summed E-state index contributed by atoms with van der Waals surface area (Å²) >= 11 is 5.94. The number of hydrogen-bond acceptors (Lipinski definition) is 2. The molecule has 3 heteroatoms. The predicted molar refractivity (Wildman–Crippen MR) is 61.9 cm³/mol. The molecule has 0 fully saturated rings. The summed E-state index contributed by atoms with van der Waals surface area (Å²) in [5.41, 5.74) is 0.984. The molecule has 0 aliphatic carbocycles. The first-order chi connectivity index (χ1) is 6.84. The van der Waals surface area contributed by atoms with Gasteiger partial charge in [0.1, 0.15) is 0 Å². The van der Waals surface area contributed by atoms with Gasteiger partial charge in [0.15, 0.2) is 0 Å². The van der Waals surface area contributed by atoms with Gasteiger partial charge in [-0.2, -0.15) is 0 Å². The lowest BCUT2D eigenvalue weighted by Gasteiger charge is -2.06. The van der Waals surface area contributed by atoms with Crippen molar-refractivity contribution < 1.29 is 0 Å². The fourth-order valence-corrected chi connectivity index (χ4v) is 1.48. The Labute approximate surface area is 90.7 Å². The maximum absolute atomic E-state index is 5.94. The maximum atomic E-state index is 5.94. The Morgan fingerprint density at radius 1 is 1.36 bits per heavy atom. The number of aromatic nitrogens is 1. The topological polar surface area (TPSA) is 24.9 Å². The van der Waals surface area contributed by atoms with Crippen LogP contribution in [0.5, 0.6) is 0 Å². The summed E-state index contributed by atoms with van der Waals surface area (Å²) < 4.78 is 0. The van der Waals surface area contributed by atoms with Gasteiger partial charge in [0.2, 0.25) is 0 Å². The second-order valence-electron chi connectivity index (χ2n) is 3.34. The molecule has 1 rings (SSSR count). The summed E-state index contributed by atoms with van der Waals surface area (Å²) in [6.45, 7) is 3.21. The van der Waals surface area contributed by atoms with E-state index in [0.717, 1.165) is 12.2 Å². The smallest absolute Gasteiger partial charge is 0.0820 e. The van der Waals surface area contributed by atoms with Gasteiger partial charge in [-0.3, -0.25) is 4.98 Å². The molecule has 1 aromatic heterocycles. The Kier molecular flexibility index (Phi) is 5.38. The molecule has 0 aromatic carbocycles. The second kappa shape index (κ2) is 6.66. The van der Waals surface area contributed by atoms with E-state index in [-0.39, 0.29) is 0 Å². The SMILES string of the molecule is CCCCCCNc1ccncc1Cl. The molecule has 0 radical (unpaired) electrons. The molecule has 0 aliphatic rings. The maximum Gasteiger partial charge on any atom is 0.0820 e. The lowest BCUT2D eigenvalue weighted by molar-refractivity contribution is 0.685. The molecule has 0 unspecified atom stereocenters. The molecule has 0 bridgehead atoms. The highest BCUT2D eigenvalue weighted by atomic mass is 35.5. The second-order valence-corrected chi connectivity index (χ2v) is 3.75. The van der Waals surface area contributed by atoms with Crippen LogP contribution in [0.15, 0.2) is 18.5 Å². The molecule has 1 N–H and O–H groups in total. The monoisotopic (exact) mass is 212 g/mol. The average molecular weight is 213 g/mol. The summed E-state index contributed by atoms with van der Waals surface area (Å²) in [6.07, 6.45) is 8.48. The van der Waals surface area contributed by atoms with E-state index >= 15 is 0 Å². The van der Waals surface area contributed by atoms with E-state index in [9.17, 15) is 0 Å². The van der Waals surface area contributed by atoms with Gasteiger partial charge in [0, 0.05) is 18.9 Å². The Morgan fingerprint density at radius 3 is 2.93 bits per heavy atom. The van der Waals surface area contributed by atoms with Crippen LogP contribution in [0.4, 0.5) is 5.69 Å². The lowest BCUT2D eigenvalue weighted by Crippen LogP contribution is -2.01. The van der Waals surface area contributed by atoms with Crippen molar-refractivity contribution in [1.29, 1.82) is 0 Å². The molecule has 1 heterocycles. The highest BCUT2D eigenvalue weighted by molar-refractivity contribution is 6.33. The Hall–Kier alpha value is -0.760. The Balaban J connectivity index is 2.21. The largest absolute Gasteiger partial charge is 0.384 e. The zero-order valence-corrected chi connectivity index (χ0v) is 9.35. The summed E-state index contributed by atoms with van der Waals surface area (Å²) in [6, 6.07) is 1.90. The van der Waals surface area contributed by atoms with Crippen LogP contribution < -0.4 is 5.32 Å². The number of halogens is 1. The third kappa shape index (κ3) is 3.97. The molecule has 14 heavy (non-hydrogen) atoms. The molecule has 0 amide bonds. The van der Waals surface area contributed by atoms with Crippen molar-refractivity contribution >= 4 is 17.3 Å². The minimum atomic E-state index is 0.697. The molecular formula is C11H17ClN2. The third-order valence-corrected chi connectivity index (χ3v) is 2.42. The van der Waals surface area contributed by atoms with Crippen molar-refractivity contribution in [2.24, 2.45) is 0 Å². The molecule has 1 aromatic rings. The molecule has 0 spiro atoms. The van der Waals surface area contributed by atoms with Crippen LogP contribution in [0.1, 0.15) is 32.6 Å². The number of nitrogens with zero attached hydrogens (tertiary/aromatic N) is 1. The quantitative estimate of drug-likeness (QED) is 0.727. The van der Waals surface area contributed by atoms with Crippen LogP contribution in [0, 0.1) is 0 Å². The highest BCUT2D eigenvalue weighted by Gasteiger charge is 1.96. The van der Waals surface area contributed by atoms with Crippen LogP contribution in [0.2, 0.25) is 5.02 Å². The van der Waals surface area contributed by atoms with Crippen LogP contribution in [-0.2, 0) is 0 Å². The van der Waals surface area contributed by atoms with Crippen molar-refractivity contribution in [2.45, 2.75) is 32.6 Å². The van der Waals surface area contributed by atoms with Crippen LogP contribution in [0.25, 0.3) is 0 Å². The molecule has 78 valence electrons. The lowest BCUT2D eigenvalue weighted by atomic mass is 10.2. The number of unbranched alkanes of at least 4 members (excludes halogenated alkanes) is 3. The van der Waals surface area contributed by atoms with E-state index in [1.807, 2.05) is 6.07 Å². The minimum Gasteiger partial charge on any atom is -0.384 e. The van der Waals surface area contributed by atoms with E-state index in [0.29, 0.717) is 5.02 Å². The van der Waals surface area contributed by atoms with E-state index in [1.54, 1.807) is 12.4 Å². The van der Waals surface area contributed by atoms with Crippen LogP contribution in [0.3, 0.4) is 0 Å². The highest BCUT2D eigenvalue weighted by Crippen LogP contribution is 2.18. The van der Waals surface area contributed by atoms with Crippen LogP contribution in [-0.4, -0.2) is 11.5 Å². The minimum absolute atomic E-state index is 0.697. The molecule has 0 saturated heterocycles. The molecule has 0 aliphatic heterocycles. The first kappa shape index (κ1) is 11.3. The number of hydrogen-bond donors (Lipinski definition) is 1. The average Bonchev–Trinajstić information content (AvgIpc) is 2.20. The number of anilines is 1. The van der Waals surface area contributed by atoms with Crippen molar-refractivity contribution in [3.63, 3.8) is 0 Å². The van der Waals surface area contributed by atoms with E-state index < -0.39 is 0 Å². The van der Waals surface area contributed by atoms with Gasteiger partial charge in [-0.1, -0.05) is 37.8 Å². The third-order valence-electron chi connectivity index (χ3n) is 2.12. The molecule has 2 nitrogen and oxygen atoms in total. The van der Waals surface area contributed by atoms with Gasteiger partial charge < -0.3 is 5.32 Å². The first-order valence-electron chi connectivity index (χ1n) is 5.18. The standard InChI is InChI=1S/C11H17ClN2/c1-2-3-4-5-7-14-11-6-8-13-9-10(11)12/h6,8-9H,2-5,7H2,1H3,(H,13,14). The van der Waals surface area contributed by atoms with Crippen molar-refractivity contribution in [2.75, 3.05) is 11.9 Å².